The molecule has 56 heavy (non-hydrogen) atoms. The second-order valence-corrected chi connectivity index (χ2v) is 18.6. The fraction of sp³-hybridized carbons (Fsp3) is 0.500. The van der Waals surface area contributed by atoms with Gasteiger partial charge in [0.1, 0.15) is 6.54 Å². The average molecular weight is 779 g/mol. The zero-order valence-electron chi connectivity index (χ0n) is 35.1. The Hall–Kier alpha value is -3.77. The minimum atomic E-state index is -3.51. The fourth-order valence-electron chi connectivity index (χ4n) is 9.12. The number of ketones is 1. The molecule has 0 bridgehead atoms. The molecule has 6 rings (SSSR count). The van der Waals surface area contributed by atoms with Crippen molar-refractivity contribution < 1.29 is 28.1 Å². The lowest BCUT2D eigenvalue weighted by molar-refractivity contribution is -0.438. The summed E-state index contributed by atoms with van der Waals surface area (Å²) < 4.78 is 27.5. The molecule has 0 aromatic heterocycles. The molecule has 0 atom stereocenters. The van der Waals surface area contributed by atoms with Crippen molar-refractivity contribution in [2.75, 3.05) is 31.2 Å². The van der Waals surface area contributed by atoms with Crippen LogP contribution in [-0.4, -0.2) is 42.4 Å². The molecule has 0 spiro atoms. The molecule has 0 amide bonds. The molecule has 7 nitrogen and oxygen atoms in total. The molecule has 0 fully saturated rings. The van der Waals surface area contributed by atoms with Gasteiger partial charge < -0.3 is 19.1 Å². The summed E-state index contributed by atoms with van der Waals surface area (Å²) in [6.07, 6.45) is 16.4. The highest BCUT2D eigenvalue weighted by Gasteiger charge is 2.47. The maximum absolute atomic E-state index is 14.1. The fourth-order valence-corrected chi connectivity index (χ4v) is 10.7. The van der Waals surface area contributed by atoms with Crippen LogP contribution in [0, 0.1) is 0 Å². The SMILES string of the molecule is CCCCCCCCCCCC[N+]1=C(/C=C2/C(=O)C(/C=C3\N(CC)c4ccc(P(=O)(OCC)OCC)cc4C3(C)C)=C2[O-])C(C)(C)c2c1ccc1ccccc21. The first-order valence-electron chi connectivity index (χ1n) is 21.2. The maximum atomic E-state index is 14.1. The first-order chi connectivity index (χ1) is 26.8. The quantitative estimate of drug-likeness (QED) is 0.0522. The highest BCUT2D eigenvalue weighted by molar-refractivity contribution is 7.62. The number of fused-ring (bicyclic) bond motifs is 4. The van der Waals surface area contributed by atoms with Gasteiger partial charge >= 0.3 is 7.60 Å². The highest BCUT2D eigenvalue weighted by Crippen LogP contribution is 2.53. The van der Waals surface area contributed by atoms with Gasteiger partial charge in [-0.25, -0.2) is 0 Å². The molecular weight excluding hydrogens is 716 g/mol. The van der Waals surface area contributed by atoms with Crippen LogP contribution in [0.15, 0.2) is 89.4 Å². The van der Waals surface area contributed by atoms with E-state index < -0.39 is 18.4 Å². The van der Waals surface area contributed by atoms with Crippen molar-refractivity contribution in [1.29, 1.82) is 0 Å². The molecule has 1 aliphatic carbocycles. The lowest BCUT2D eigenvalue weighted by atomic mass is 9.76. The number of benzene rings is 3. The Bertz CT molecular complexity index is 2130. The van der Waals surface area contributed by atoms with Gasteiger partial charge in [-0.15, -0.1) is 0 Å². The molecule has 3 aromatic rings. The van der Waals surface area contributed by atoms with E-state index in [-0.39, 0.29) is 35.9 Å². The van der Waals surface area contributed by atoms with Crippen LogP contribution in [0.5, 0.6) is 0 Å². The van der Waals surface area contributed by atoms with E-state index in [0.29, 0.717) is 11.8 Å². The zero-order valence-corrected chi connectivity index (χ0v) is 36.0. The molecule has 2 aliphatic heterocycles. The number of carbonyl (C=O) groups excluding carboxylic acids is 1. The summed E-state index contributed by atoms with van der Waals surface area (Å²) in [4.78, 5) is 16.3. The topological polar surface area (TPSA) is 81.9 Å². The Morgan fingerprint density at radius 3 is 2.05 bits per heavy atom. The van der Waals surface area contributed by atoms with Gasteiger partial charge in [-0.3, -0.25) is 9.36 Å². The number of hydrogen-bond donors (Lipinski definition) is 0. The third kappa shape index (κ3) is 7.76. The van der Waals surface area contributed by atoms with Crippen LogP contribution in [0.1, 0.15) is 131 Å². The van der Waals surface area contributed by atoms with Crippen LogP contribution in [0.2, 0.25) is 0 Å². The minimum Gasteiger partial charge on any atom is -0.871 e. The van der Waals surface area contributed by atoms with Gasteiger partial charge in [-0.2, -0.15) is 4.58 Å². The monoisotopic (exact) mass is 778 g/mol. The summed E-state index contributed by atoms with van der Waals surface area (Å²) in [5.74, 6) is -0.433. The van der Waals surface area contributed by atoms with Crippen molar-refractivity contribution in [3.8, 4) is 0 Å². The van der Waals surface area contributed by atoms with Gasteiger partial charge in [0.2, 0.25) is 5.69 Å². The van der Waals surface area contributed by atoms with Crippen LogP contribution in [-0.2, 0) is 29.2 Å². The van der Waals surface area contributed by atoms with Crippen molar-refractivity contribution >= 4 is 46.5 Å². The Balaban J connectivity index is 1.31. The van der Waals surface area contributed by atoms with Crippen LogP contribution >= 0.6 is 7.60 Å². The summed E-state index contributed by atoms with van der Waals surface area (Å²) in [6.45, 7) is 18.6. The van der Waals surface area contributed by atoms with Crippen molar-refractivity contribution in [2.24, 2.45) is 0 Å². The Morgan fingerprint density at radius 2 is 1.43 bits per heavy atom. The Kier molecular flexibility index (Phi) is 13.0. The molecule has 0 saturated carbocycles. The van der Waals surface area contributed by atoms with E-state index in [2.05, 4.69) is 87.4 Å². The second kappa shape index (κ2) is 17.4. The number of unbranched alkanes of at least 4 members (excludes halogenated alkanes) is 9. The lowest BCUT2D eigenvalue weighted by Crippen LogP contribution is -2.35. The van der Waals surface area contributed by atoms with E-state index in [4.69, 9.17) is 9.05 Å². The molecular formula is C48H63N2O5P. The molecule has 0 saturated heterocycles. The smallest absolute Gasteiger partial charge is 0.361 e. The predicted octanol–water partition coefficient (Wildman–Crippen LogP) is 10.9. The van der Waals surface area contributed by atoms with E-state index in [1.54, 1.807) is 19.9 Å². The normalized spacial score (nSPS) is 18.8. The van der Waals surface area contributed by atoms with Gasteiger partial charge in [0, 0.05) is 58.6 Å². The molecule has 0 unspecified atom stereocenters. The van der Waals surface area contributed by atoms with E-state index >= 15 is 0 Å². The van der Waals surface area contributed by atoms with E-state index in [1.807, 2.05) is 24.3 Å². The van der Waals surface area contributed by atoms with Gasteiger partial charge in [0.15, 0.2) is 11.5 Å². The average Bonchev–Trinajstić information content (AvgIpc) is 3.54. The van der Waals surface area contributed by atoms with E-state index in [9.17, 15) is 14.5 Å². The predicted molar refractivity (Wildman–Crippen MR) is 230 cm³/mol. The van der Waals surface area contributed by atoms with Crippen molar-refractivity contribution in [1.82, 2.24) is 0 Å². The molecule has 3 aliphatic rings. The van der Waals surface area contributed by atoms with Crippen LogP contribution in [0.25, 0.3) is 10.8 Å². The van der Waals surface area contributed by atoms with Crippen LogP contribution in [0.3, 0.4) is 0 Å². The minimum absolute atomic E-state index is 0.209. The first kappa shape index (κ1) is 41.9. The number of nitrogens with zero attached hydrogens (tertiary/aromatic N) is 2. The van der Waals surface area contributed by atoms with Gasteiger partial charge in [0.25, 0.3) is 0 Å². The van der Waals surface area contributed by atoms with Crippen LogP contribution < -0.4 is 15.3 Å². The maximum Gasteiger partial charge on any atom is 0.361 e. The van der Waals surface area contributed by atoms with Gasteiger partial charge in [-0.1, -0.05) is 102 Å². The van der Waals surface area contributed by atoms with Crippen LogP contribution in [0.4, 0.5) is 11.4 Å². The summed E-state index contributed by atoms with van der Waals surface area (Å²) in [5.41, 5.74) is 5.67. The van der Waals surface area contributed by atoms with Gasteiger partial charge in [0.05, 0.1) is 23.9 Å². The number of allylic oxidation sites excluding steroid dienone is 5. The number of carbonyl (C=O) groups is 1. The first-order valence-corrected chi connectivity index (χ1v) is 22.8. The highest BCUT2D eigenvalue weighted by atomic mass is 31.2. The van der Waals surface area contributed by atoms with Crippen molar-refractivity contribution in [2.45, 2.75) is 130 Å². The second-order valence-electron chi connectivity index (χ2n) is 16.6. The Labute approximate surface area is 335 Å². The Morgan fingerprint density at radius 1 is 0.786 bits per heavy atom. The van der Waals surface area contributed by atoms with Gasteiger partial charge in [-0.05, 0) is 87.7 Å². The third-order valence-electron chi connectivity index (χ3n) is 12.1. The summed E-state index contributed by atoms with van der Waals surface area (Å²) in [6, 6.07) is 18.6. The summed E-state index contributed by atoms with van der Waals surface area (Å²) >= 11 is 0. The summed E-state index contributed by atoms with van der Waals surface area (Å²) in [5, 5.41) is 17.0. The number of rotatable bonds is 19. The van der Waals surface area contributed by atoms with E-state index in [1.165, 1.54) is 73.4 Å². The number of anilines is 1. The van der Waals surface area contributed by atoms with Crippen molar-refractivity contribution in [3.05, 3.63) is 100 Å². The summed E-state index contributed by atoms with van der Waals surface area (Å²) in [7, 11) is -3.51. The standard InChI is InChI=1S/C48H63N2O5P/c1-9-13-14-15-16-17-18-19-20-23-30-50-41-28-26-34-24-21-22-25-36(34)44(41)48(7,8)43(50)33-38-45(51)37(46(38)52)32-42-47(5,6)39-31-35(27-29-40(39)49(42)10-2)56(53,54-11-3)55-12-4/h21-22,24-29,31-33H,9-20,23,30H2,1-8H3. The molecule has 300 valence electrons. The zero-order chi connectivity index (χ0) is 40.3. The molecule has 8 heteroatoms. The molecule has 3 aromatic carbocycles. The third-order valence-corrected chi connectivity index (χ3v) is 14.2. The lowest BCUT2D eigenvalue weighted by Gasteiger charge is -2.32. The van der Waals surface area contributed by atoms with E-state index in [0.717, 1.165) is 42.0 Å². The number of hydrogen-bond acceptors (Lipinski definition) is 6. The van der Waals surface area contributed by atoms with Crippen molar-refractivity contribution in [3.63, 3.8) is 0 Å². The number of Topliss-reactive ketones (excluding diaryl/α,β-unsaturated/α-hetero) is 1. The molecule has 2 heterocycles. The molecule has 0 radical (unpaired) electrons. The largest absolute Gasteiger partial charge is 0.871 e. The molecule has 0 N–H and O–H groups in total. The number of likely N-dealkylation sites (N-methyl/N-ethyl adjacent to an activating group) is 1.